The maximum Gasteiger partial charge on any atom is 0.338 e. The molecule has 0 radical (unpaired) electrons. The number of carboxylic acid groups (broad SMARTS) is 1. The average molecular weight is 501 g/mol. The van der Waals surface area contributed by atoms with Gasteiger partial charge in [-0.2, -0.15) is 0 Å². The van der Waals surface area contributed by atoms with E-state index < -0.39 is 36.0 Å². The Morgan fingerprint density at radius 2 is 1.46 bits per heavy atom. The fourth-order valence-electron chi connectivity index (χ4n) is 5.22. The molecule has 6 nitrogen and oxygen atoms in total. The third kappa shape index (κ3) is 6.71. The molecule has 0 saturated heterocycles. The van der Waals surface area contributed by atoms with Crippen LogP contribution in [0.3, 0.4) is 0 Å². The van der Waals surface area contributed by atoms with Crippen molar-refractivity contribution in [2.75, 3.05) is 0 Å². The lowest BCUT2D eigenvalue weighted by Gasteiger charge is -2.30. The summed E-state index contributed by atoms with van der Waals surface area (Å²) in [4.78, 5) is 37.6. The number of Topliss-reactive ketones (excluding diaryl/α,β-unsaturated/α-hetero) is 1. The molecule has 1 saturated carbocycles. The van der Waals surface area contributed by atoms with E-state index in [2.05, 4.69) is 0 Å². The minimum Gasteiger partial charge on any atom is -0.481 e. The number of aryl methyl sites for hydroxylation is 1. The molecule has 1 fully saturated rings. The molecule has 3 aromatic rings. The van der Waals surface area contributed by atoms with Crippen molar-refractivity contribution in [1.82, 2.24) is 0 Å². The van der Waals surface area contributed by atoms with Crippen molar-refractivity contribution >= 4 is 17.7 Å². The monoisotopic (exact) mass is 500 g/mol. The topological polar surface area (TPSA) is 101 Å². The molecule has 0 bridgehead atoms. The predicted molar refractivity (Wildman–Crippen MR) is 140 cm³/mol. The number of hydrogen-bond donors (Lipinski definition) is 2. The second kappa shape index (κ2) is 12.0. The molecule has 4 rings (SSSR count). The summed E-state index contributed by atoms with van der Waals surface area (Å²) in [5.74, 6) is -3.10. The smallest absolute Gasteiger partial charge is 0.338 e. The van der Waals surface area contributed by atoms with Gasteiger partial charge in [0.05, 0.1) is 23.5 Å². The number of rotatable bonds is 11. The summed E-state index contributed by atoms with van der Waals surface area (Å²) in [6.07, 6.45) is 1.31. The molecule has 3 aromatic carbocycles. The number of aliphatic carboxylic acids is 1. The van der Waals surface area contributed by atoms with Gasteiger partial charge in [0.1, 0.15) is 11.9 Å². The number of benzene rings is 3. The highest BCUT2D eigenvalue weighted by molar-refractivity contribution is 5.91. The molecule has 0 heterocycles. The molecule has 0 aromatic heterocycles. The maximum atomic E-state index is 13.2. The van der Waals surface area contributed by atoms with E-state index in [1.54, 1.807) is 12.1 Å². The second-order valence-corrected chi connectivity index (χ2v) is 9.74. The van der Waals surface area contributed by atoms with E-state index in [9.17, 15) is 24.6 Å². The van der Waals surface area contributed by atoms with Crippen LogP contribution in [0.1, 0.15) is 54.4 Å². The molecule has 1 aliphatic carbocycles. The Labute approximate surface area is 216 Å². The van der Waals surface area contributed by atoms with Crippen LogP contribution >= 0.6 is 0 Å². The first-order valence-electron chi connectivity index (χ1n) is 12.7. The summed E-state index contributed by atoms with van der Waals surface area (Å²) < 4.78 is 5.72. The van der Waals surface area contributed by atoms with Gasteiger partial charge in [0.25, 0.3) is 0 Å². The highest BCUT2D eigenvalue weighted by Crippen LogP contribution is 2.42. The van der Waals surface area contributed by atoms with E-state index in [0.29, 0.717) is 12.0 Å². The van der Waals surface area contributed by atoms with Crippen LogP contribution in [0.15, 0.2) is 84.9 Å². The lowest BCUT2D eigenvalue weighted by Crippen LogP contribution is -2.45. The minimum atomic E-state index is -1.73. The van der Waals surface area contributed by atoms with Gasteiger partial charge in [-0.05, 0) is 60.9 Å². The highest BCUT2D eigenvalue weighted by Gasteiger charge is 2.53. The first-order chi connectivity index (χ1) is 17.9. The molecule has 0 amide bonds. The summed E-state index contributed by atoms with van der Waals surface area (Å²) in [6.45, 7) is 0. The zero-order valence-electron chi connectivity index (χ0n) is 20.7. The van der Waals surface area contributed by atoms with Crippen molar-refractivity contribution < 1.29 is 29.3 Å². The molecule has 0 aliphatic heterocycles. The van der Waals surface area contributed by atoms with E-state index in [-0.39, 0.29) is 25.0 Å². The van der Waals surface area contributed by atoms with Crippen molar-refractivity contribution in [3.8, 4) is 11.1 Å². The van der Waals surface area contributed by atoms with Gasteiger partial charge in [0.15, 0.2) is 0 Å². The number of ketones is 1. The van der Waals surface area contributed by atoms with E-state index >= 15 is 0 Å². The highest BCUT2D eigenvalue weighted by atomic mass is 16.5. The first kappa shape index (κ1) is 26.3. The van der Waals surface area contributed by atoms with Gasteiger partial charge in [-0.3, -0.25) is 9.59 Å². The van der Waals surface area contributed by atoms with Gasteiger partial charge in [0.2, 0.25) is 0 Å². The van der Waals surface area contributed by atoms with Crippen molar-refractivity contribution in [2.24, 2.45) is 5.92 Å². The Balaban J connectivity index is 1.41. The van der Waals surface area contributed by atoms with Crippen LogP contribution < -0.4 is 0 Å². The van der Waals surface area contributed by atoms with Crippen LogP contribution in [-0.2, 0) is 20.7 Å². The predicted octanol–water partition coefficient (Wildman–Crippen LogP) is 5.48. The lowest BCUT2D eigenvalue weighted by atomic mass is 9.82. The maximum absolute atomic E-state index is 13.2. The van der Waals surface area contributed by atoms with Crippen molar-refractivity contribution in [3.05, 3.63) is 96.1 Å². The number of aliphatic hydroxyl groups is 1. The van der Waals surface area contributed by atoms with Crippen molar-refractivity contribution in [1.29, 1.82) is 0 Å². The van der Waals surface area contributed by atoms with Crippen molar-refractivity contribution in [2.45, 2.75) is 56.7 Å². The van der Waals surface area contributed by atoms with Crippen LogP contribution in [0.4, 0.5) is 0 Å². The van der Waals surface area contributed by atoms with Gasteiger partial charge in [-0.25, -0.2) is 4.79 Å². The average Bonchev–Trinajstić information content (AvgIpc) is 3.22. The second-order valence-electron chi connectivity index (χ2n) is 9.74. The lowest BCUT2D eigenvalue weighted by molar-refractivity contribution is -0.148. The number of carbonyl (C=O) groups is 3. The molecule has 0 spiro atoms. The standard InChI is InChI=1S/C31H32O6/c32-26(14-8-7-11-22-9-3-1-4-10-22)29-27(19-20-31(29,36)21-28(33)34)37-30(35)25-17-15-24(16-18-25)23-12-5-2-6-13-23/h1-6,9-10,12-13,15-18,27,29,36H,7-8,11,14,19-21H2,(H,33,34)/t27-,29+,31+/m0/s1. The largest absolute Gasteiger partial charge is 0.481 e. The molecule has 0 unspecified atom stereocenters. The Hall–Kier alpha value is -3.77. The number of esters is 1. The molecular formula is C31H32O6. The van der Waals surface area contributed by atoms with E-state index in [0.717, 1.165) is 24.0 Å². The van der Waals surface area contributed by atoms with Gasteiger partial charge in [-0.1, -0.05) is 72.8 Å². The Morgan fingerprint density at radius 3 is 2.11 bits per heavy atom. The summed E-state index contributed by atoms with van der Waals surface area (Å²) in [7, 11) is 0. The van der Waals surface area contributed by atoms with Gasteiger partial charge < -0.3 is 14.9 Å². The number of unbranched alkanes of at least 4 members (excludes halogenated alkanes) is 1. The van der Waals surface area contributed by atoms with Crippen LogP contribution in [0.5, 0.6) is 0 Å². The summed E-state index contributed by atoms with van der Waals surface area (Å²) >= 11 is 0. The molecule has 37 heavy (non-hydrogen) atoms. The first-order valence-corrected chi connectivity index (χ1v) is 12.7. The number of ether oxygens (including phenoxy) is 1. The molecule has 2 N–H and O–H groups in total. The molecule has 1 aliphatic rings. The SMILES string of the molecule is O=C(O)C[C@]1(O)CC[C@H](OC(=O)c2ccc(-c3ccccc3)cc2)[C@H]1C(=O)CCCCc1ccccc1. The van der Waals surface area contributed by atoms with Crippen molar-refractivity contribution in [3.63, 3.8) is 0 Å². The van der Waals surface area contributed by atoms with Gasteiger partial charge in [-0.15, -0.1) is 0 Å². The fourth-order valence-corrected chi connectivity index (χ4v) is 5.22. The van der Waals surface area contributed by atoms with Crippen LogP contribution in [-0.4, -0.2) is 39.6 Å². The summed E-state index contributed by atoms with van der Waals surface area (Å²) in [5.41, 5.74) is 1.77. The zero-order valence-corrected chi connectivity index (χ0v) is 20.7. The fraction of sp³-hybridized carbons (Fsp3) is 0.323. The number of carbonyl (C=O) groups excluding carboxylic acids is 2. The quantitative estimate of drug-likeness (QED) is 0.267. The zero-order chi connectivity index (χ0) is 26.3. The Kier molecular flexibility index (Phi) is 8.51. The molecular weight excluding hydrogens is 468 g/mol. The van der Waals surface area contributed by atoms with Crippen LogP contribution in [0, 0.1) is 5.92 Å². The minimum absolute atomic E-state index is 0.0879. The van der Waals surface area contributed by atoms with Crippen LogP contribution in [0.25, 0.3) is 11.1 Å². The third-order valence-corrected chi connectivity index (χ3v) is 7.08. The normalized spacial score (nSPS) is 20.9. The van der Waals surface area contributed by atoms with Crippen LogP contribution in [0.2, 0.25) is 0 Å². The third-order valence-electron chi connectivity index (χ3n) is 7.08. The van der Waals surface area contributed by atoms with E-state index in [4.69, 9.17) is 4.74 Å². The summed E-state index contributed by atoms with van der Waals surface area (Å²) in [6, 6.07) is 26.7. The summed E-state index contributed by atoms with van der Waals surface area (Å²) in [5, 5.41) is 20.5. The Morgan fingerprint density at radius 1 is 0.838 bits per heavy atom. The van der Waals surface area contributed by atoms with E-state index in [1.165, 1.54) is 5.56 Å². The number of hydrogen-bond acceptors (Lipinski definition) is 5. The molecule has 6 heteroatoms. The molecule has 3 atom stereocenters. The van der Waals surface area contributed by atoms with Gasteiger partial charge in [0, 0.05) is 6.42 Å². The number of carboxylic acids is 1. The van der Waals surface area contributed by atoms with E-state index in [1.807, 2.05) is 72.8 Å². The van der Waals surface area contributed by atoms with Gasteiger partial charge >= 0.3 is 11.9 Å². The molecule has 192 valence electrons. The Bertz CT molecular complexity index is 1210.